The Morgan fingerprint density at radius 3 is 2.75 bits per heavy atom. The van der Waals surface area contributed by atoms with Gasteiger partial charge in [0.1, 0.15) is 0 Å². The van der Waals surface area contributed by atoms with Crippen LogP contribution in [0.1, 0.15) is 41.9 Å². The van der Waals surface area contributed by atoms with Gasteiger partial charge < -0.3 is 4.74 Å². The number of thiophene rings is 1. The summed E-state index contributed by atoms with van der Waals surface area (Å²) in [5.41, 5.74) is 3.43. The number of esters is 1. The maximum absolute atomic E-state index is 11.9. The van der Waals surface area contributed by atoms with Gasteiger partial charge in [0.15, 0.2) is 5.82 Å². The Morgan fingerprint density at radius 1 is 1.35 bits per heavy atom. The summed E-state index contributed by atoms with van der Waals surface area (Å²) in [6.07, 6.45) is 3.25. The average molecular weight is 290 g/mol. The average Bonchev–Trinajstić information content (AvgIpc) is 2.85. The highest BCUT2D eigenvalue weighted by Gasteiger charge is 2.16. The van der Waals surface area contributed by atoms with Crippen molar-refractivity contribution < 1.29 is 9.53 Å². The van der Waals surface area contributed by atoms with Gasteiger partial charge in [0.2, 0.25) is 0 Å². The van der Waals surface area contributed by atoms with Crippen molar-refractivity contribution in [3.05, 3.63) is 33.8 Å². The number of carbonyl (C=O) groups is 1. The zero-order chi connectivity index (χ0) is 14.5. The largest absolute Gasteiger partial charge is 0.462 e. The normalized spacial score (nSPS) is 10.6. The number of aryl methyl sites for hydroxylation is 2. The summed E-state index contributed by atoms with van der Waals surface area (Å²) in [6, 6.07) is 0. The zero-order valence-corrected chi connectivity index (χ0v) is 12.8. The molecular formula is C15H18N2O2S. The molecule has 0 amide bonds. The third-order valence-corrected chi connectivity index (χ3v) is 3.81. The first kappa shape index (κ1) is 14.7. The molecule has 0 aromatic carbocycles. The number of carbonyl (C=O) groups excluding carboxylic acids is 1. The first-order valence-electron chi connectivity index (χ1n) is 6.73. The Hall–Kier alpha value is -1.75. The molecule has 0 bridgehead atoms. The molecule has 0 aliphatic heterocycles. The Kier molecular flexibility index (Phi) is 4.84. The second-order valence-electron chi connectivity index (χ2n) is 4.49. The lowest BCUT2D eigenvalue weighted by Crippen LogP contribution is -2.11. The predicted octanol–water partition coefficient (Wildman–Crippen LogP) is 3.64. The second kappa shape index (κ2) is 6.61. The molecule has 0 atom stereocenters. The van der Waals surface area contributed by atoms with Crippen molar-refractivity contribution in [2.24, 2.45) is 0 Å². The standard InChI is InChI=1S/C15H18N2O2S/c1-4-6-13-11(15(18)19-5-2)7-16-14(17-13)12-9-20-8-10(12)3/h7-9H,4-6H2,1-3H3. The Bertz CT molecular complexity index is 608. The van der Waals surface area contributed by atoms with E-state index in [1.807, 2.05) is 12.3 Å². The minimum absolute atomic E-state index is 0.343. The molecule has 0 saturated heterocycles. The van der Waals surface area contributed by atoms with Gasteiger partial charge >= 0.3 is 5.97 Å². The van der Waals surface area contributed by atoms with E-state index in [2.05, 4.69) is 22.3 Å². The molecular weight excluding hydrogens is 272 g/mol. The van der Waals surface area contributed by atoms with Gasteiger partial charge in [-0.2, -0.15) is 11.3 Å². The van der Waals surface area contributed by atoms with Crippen LogP contribution in [0.15, 0.2) is 17.0 Å². The summed E-state index contributed by atoms with van der Waals surface area (Å²) < 4.78 is 5.05. The van der Waals surface area contributed by atoms with Crippen LogP contribution >= 0.6 is 11.3 Å². The molecule has 2 aromatic rings. The summed E-state index contributed by atoms with van der Waals surface area (Å²) in [6.45, 7) is 6.25. The Balaban J connectivity index is 2.42. The highest BCUT2D eigenvalue weighted by molar-refractivity contribution is 7.08. The molecule has 0 aliphatic rings. The third-order valence-electron chi connectivity index (χ3n) is 2.95. The van der Waals surface area contributed by atoms with E-state index in [0.717, 1.165) is 29.7 Å². The molecule has 0 unspecified atom stereocenters. The first-order valence-corrected chi connectivity index (χ1v) is 7.67. The number of aromatic nitrogens is 2. The highest BCUT2D eigenvalue weighted by atomic mass is 32.1. The van der Waals surface area contributed by atoms with E-state index in [4.69, 9.17) is 4.74 Å². The maximum Gasteiger partial charge on any atom is 0.341 e. The van der Waals surface area contributed by atoms with Crippen LogP contribution < -0.4 is 0 Å². The molecule has 20 heavy (non-hydrogen) atoms. The molecule has 0 fully saturated rings. The monoisotopic (exact) mass is 290 g/mol. The van der Waals surface area contributed by atoms with Gasteiger partial charge in [0, 0.05) is 17.1 Å². The third kappa shape index (κ3) is 3.04. The summed E-state index contributed by atoms with van der Waals surface area (Å²) in [5.74, 6) is 0.338. The fourth-order valence-corrected chi connectivity index (χ4v) is 2.77. The van der Waals surface area contributed by atoms with E-state index in [9.17, 15) is 4.79 Å². The van der Waals surface area contributed by atoms with Crippen LogP contribution in [0.5, 0.6) is 0 Å². The lowest BCUT2D eigenvalue weighted by molar-refractivity contribution is 0.0524. The zero-order valence-electron chi connectivity index (χ0n) is 12.0. The number of hydrogen-bond acceptors (Lipinski definition) is 5. The highest BCUT2D eigenvalue weighted by Crippen LogP contribution is 2.24. The van der Waals surface area contributed by atoms with E-state index in [1.165, 1.54) is 0 Å². The molecule has 4 nitrogen and oxygen atoms in total. The fourth-order valence-electron chi connectivity index (χ4n) is 1.94. The number of rotatable bonds is 5. The predicted molar refractivity (Wildman–Crippen MR) is 80.0 cm³/mol. The number of hydrogen-bond donors (Lipinski definition) is 0. The van der Waals surface area contributed by atoms with Gasteiger partial charge in [-0.15, -0.1) is 0 Å². The minimum atomic E-state index is -0.343. The minimum Gasteiger partial charge on any atom is -0.462 e. The Morgan fingerprint density at radius 2 is 2.15 bits per heavy atom. The molecule has 0 aliphatic carbocycles. The van der Waals surface area contributed by atoms with Crippen LogP contribution in [0.3, 0.4) is 0 Å². The van der Waals surface area contributed by atoms with E-state index in [0.29, 0.717) is 18.0 Å². The van der Waals surface area contributed by atoms with Crippen molar-refractivity contribution in [1.29, 1.82) is 0 Å². The van der Waals surface area contributed by atoms with Crippen molar-refractivity contribution in [3.8, 4) is 11.4 Å². The quantitative estimate of drug-likeness (QED) is 0.789. The van der Waals surface area contributed by atoms with Crippen molar-refractivity contribution in [2.75, 3.05) is 6.61 Å². The fraction of sp³-hybridized carbons (Fsp3) is 0.400. The second-order valence-corrected chi connectivity index (χ2v) is 5.24. The molecule has 0 N–H and O–H groups in total. The molecule has 106 valence electrons. The summed E-state index contributed by atoms with van der Waals surface area (Å²) in [5, 5.41) is 4.10. The molecule has 0 spiro atoms. The Labute approximate surface area is 122 Å². The summed E-state index contributed by atoms with van der Waals surface area (Å²) >= 11 is 1.63. The van der Waals surface area contributed by atoms with Crippen LogP contribution in [0.4, 0.5) is 0 Å². The van der Waals surface area contributed by atoms with Crippen molar-refractivity contribution >= 4 is 17.3 Å². The smallest absolute Gasteiger partial charge is 0.341 e. The lowest BCUT2D eigenvalue weighted by atomic mass is 10.1. The van der Waals surface area contributed by atoms with Crippen LogP contribution in [-0.4, -0.2) is 22.5 Å². The summed E-state index contributed by atoms with van der Waals surface area (Å²) in [4.78, 5) is 20.8. The van der Waals surface area contributed by atoms with E-state index < -0.39 is 0 Å². The van der Waals surface area contributed by atoms with Crippen LogP contribution in [0.2, 0.25) is 0 Å². The number of ether oxygens (including phenoxy) is 1. The molecule has 2 rings (SSSR count). The molecule has 2 aromatic heterocycles. The van der Waals surface area contributed by atoms with Crippen LogP contribution in [0.25, 0.3) is 11.4 Å². The van der Waals surface area contributed by atoms with Gasteiger partial charge in [0.05, 0.1) is 17.9 Å². The molecule has 2 heterocycles. The van der Waals surface area contributed by atoms with Crippen LogP contribution in [-0.2, 0) is 11.2 Å². The number of nitrogens with zero attached hydrogens (tertiary/aromatic N) is 2. The SMILES string of the molecule is CCCc1nc(-c2cscc2C)ncc1C(=O)OCC. The first-order chi connectivity index (χ1) is 9.67. The van der Waals surface area contributed by atoms with Crippen molar-refractivity contribution in [3.63, 3.8) is 0 Å². The van der Waals surface area contributed by atoms with E-state index in [1.54, 1.807) is 24.5 Å². The van der Waals surface area contributed by atoms with Crippen molar-refractivity contribution in [1.82, 2.24) is 9.97 Å². The van der Waals surface area contributed by atoms with Gasteiger partial charge in [-0.3, -0.25) is 0 Å². The van der Waals surface area contributed by atoms with E-state index in [-0.39, 0.29) is 5.97 Å². The maximum atomic E-state index is 11.9. The van der Waals surface area contributed by atoms with E-state index >= 15 is 0 Å². The summed E-state index contributed by atoms with van der Waals surface area (Å²) in [7, 11) is 0. The van der Waals surface area contributed by atoms with Crippen LogP contribution in [0, 0.1) is 6.92 Å². The van der Waals surface area contributed by atoms with Gasteiger partial charge in [-0.05, 0) is 31.2 Å². The topological polar surface area (TPSA) is 52.1 Å². The molecule has 0 saturated carbocycles. The lowest BCUT2D eigenvalue weighted by Gasteiger charge is -2.09. The van der Waals surface area contributed by atoms with Gasteiger partial charge in [-0.1, -0.05) is 13.3 Å². The van der Waals surface area contributed by atoms with Crippen molar-refractivity contribution in [2.45, 2.75) is 33.6 Å². The van der Waals surface area contributed by atoms with Gasteiger partial charge in [0.25, 0.3) is 0 Å². The van der Waals surface area contributed by atoms with Gasteiger partial charge in [-0.25, -0.2) is 14.8 Å². The molecule has 5 heteroatoms. The molecule has 0 radical (unpaired) electrons.